The summed E-state index contributed by atoms with van der Waals surface area (Å²) in [5.41, 5.74) is 0.614. The predicted octanol–water partition coefficient (Wildman–Crippen LogP) is 0.654. The third kappa shape index (κ3) is 3.49. The molecule has 0 bridgehead atoms. The minimum absolute atomic E-state index is 0.0499. The summed E-state index contributed by atoms with van der Waals surface area (Å²) in [7, 11) is 0. The van der Waals surface area contributed by atoms with E-state index in [1.165, 1.54) is 0 Å². The predicted molar refractivity (Wildman–Crippen MR) is 76.3 cm³/mol. The van der Waals surface area contributed by atoms with Gasteiger partial charge in [-0.1, -0.05) is 12.1 Å². The van der Waals surface area contributed by atoms with Gasteiger partial charge in [0, 0.05) is 13.0 Å². The molecule has 0 saturated heterocycles. The molecule has 2 N–H and O–H groups in total. The lowest BCUT2D eigenvalue weighted by Crippen LogP contribution is -2.40. The van der Waals surface area contributed by atoms with Crippen LogP contribution in [-0.4, -0.2) is 46.8 Å². The van der Waals surface area contributed by atoms with Gasteiger partial charge in [-0.2, -0.15) is 0 Å². The van der Waals surface area contributed by atoms with E-state index in [1.54, 1.807) is 24.3 Å². The van der Waals surface area contributed by atoms with Crippen LogP contribution in [0.15, 0.2) is 24.3 Å². The molecule has 2 rings (SSSR count). The molecule has 0 aliphatic carbocycles. The molecule has 1 aliphatic heterocycles. The number of hydrogen-bond donors (Lipinski definition) is 2. The van der Waals surface area contributed by atoms with E-state index in [1.807, 2.05) is 0 Å². The summed E-state index contributed by atoms with van der Waals surface area (Å²) in [4.78, 5) is 47.1. The van der Waals surface area contributed by atoms with E-state index in [0.29, 0.717) is 30.5 Å². The van der Waals surface area contributed by atoms with Crippen LogP contribution in [0.2, 0.25) is 0 Å². The first-order chi connectivity index (χ1) is 10.5. The molecule has 7 heteroatoms. The number of amides is 3. The van der Waals surface area contributed by atoms with Crippen LogP contribution >= 0.6 is 0 Å². The topological polar surface area (TPSA) is 104 Å². The number of benzene rings is 1. The SMILES string of the molecule is O=C(O)CCCCNC(=O)CN1C(=O)c2ccccc2C1=O. The minimum Gasteiger partial charge on any atom is -0.481 e. The highest BCUT2D eigenvalue weighted by Crippen LogP contribution is 2.21. The second-order valence-electron chi connectivity index (χ2n) is 4.94. The zero-order valence-electron chi connectivity index (χ0n) is 11.9. The van der Waals surface area contributed by atoms with Crippen LogP contribution in [-0.2, 0) is 9.59 Å². The Morgan fingerprint density at radius 3 is 2.18 bits per heavy atom. The van der Waals surface area contributed by atoms with Crippen LogP contribution in [0, 0.1) is 0 Å². The number of carbonyl (C=O) groups is 4. The molecular formula is C15H16N2O5. The van der Waals surface area contributed by atoms with Crippen molar-refractivity contribution in [1.82, 2.24) is 10.2 Å². The van der Waals surface area contributed by atoms with Crippen molar-refractivity contribution in [2.75, 3.05) is 13.1 Å². The maximum absolute atomic E-state index is 12.1. The molecule has 1 heterocycles. The normalized spacial score (nSPS) is 13.2. The van der Waals surface area contributed by atoms with Crippen LogP contribution < -0.4 is 5.32 Å². The number of nitrogens with one attached hydrogen (secondary N) is 1. The number of aliphatic carboxylic acids is 1. The highest BCUT2D eigenvalue weighted by molar-refractivity contribution is 6.22. The third-order valence-corrected chi connectivity index (χ3v) is 3.32. The molecule has 0 atom stereocenters. The Morgan fingerprint density at radius 1 is 1.05 bits per heavy atom. The van der Waals surface area contributed by atoms with Gasteiger partial charge in [-0.3, -0.25) is 24.1 Å². The standard InChI is InChI=1S/C15H16N2O5/c18-12(16-8-4-3-7-13(19)20)9-17-14(21)10-5-1-2-6-11(10)15(17)22/h1-2,5-6H,3-4,7-9H2,(H,16,18)(H,19,20). The van der Waals surface area contributed by atoms with E-state index in [9.17, 15) is 19.2 Å². The highest BCUT2D eigenvalue weighted by Gasteiger charge is 2.36. The number of imide groups is 1. The largest absolute Gasteiger partial charge is 0.481 e. The van der Waals surface area contributed by atoms with E-state index in [2.05, 4.69) is 5.32 Å². The quantitative estimate of drug-likeness (QED) is 0.568. The first-order valence-electron chi connectivity index (χ1n) is 6.94. The van der Waals surface area contributed by atoms with E-state index >= 15 is 0 Å². The number of fused-ring (bicyclic) bond motifs is 1. The first-order valence-corrected chi connectivity index (χ1v) is 6.94. The van der Waals surface area contributed by atoms with Gasteiger partial charge in [-0.15, -0.1) is 0 Å². The Hall–Kier alpha value is -2.70. The molecule has 1 aromatic rings. The number of unbranched alkanes of at least 4 members (excludes halogenated alkanes) is 1. The van der Waals surface area contributed by atoms with Gasteiger partial charge in [0.15, 0.2) is 0 Å². The van der Waals surface area contributed by atoms with Crippen LogP contribution in [0.5, 0.6) is 0 Å². The maximum Gasteiger partial charge on any atom is 0.303 e. The highest BCUT2D eigenvalue weighted by atomic mass is 16.4. The van der Waals surface area contributed by atoms with E-state index in [-0.39, 0.29) is 13.0 Å². The zero-order valence-corrected chi connectivity index (χ0v) is 11.9. The monoisotopic (exact) mass is 304 g/mol. The van der Waals surface area contributed by atoms with Gasteiger partial charge < -0.3 is 10.4 Å². The fraction of sp³-hybridized carbons (Fsp3) is 0.333. The molecular weight excluding hydrogens is 288 g/mol. The van der Waals surface area contributed by atoms with Crippen molar-refractivity contribution in [3.8, 4) is 0 Å². The molecule has 0 aromatic heterocycles. The number of carboxylic acids is 1. The first kappa shape index (κ1) is 15.7. The number of rotatable bonds is 7. The maximum atomic E-state index is 12.1. The average molecular weight is 304 g/mol. The summed E-state index contributed by atoms with van der Waals surface area (Å²) in [5.74, 6) is -2.26. The molecule has 1 aromatic carbocycles. The van der Waals surface area contributed by atoms with Crippen molar-refractivity contribution in [1.29, 1.82) is 0 Å². The average Bonchev–Trinajstić information content (AvgIpc) is 2.72. The van der Waals surface area contributed by atoms with Gasteiger partial charge in [0.2, 0.25) is 5.91 Å². The summed E-state index contributed by atoms with van der Waals surface area (Å²) in [6, 6.07) is 6.44. The van der Waals surface area contributed by atoms with Crippen LogP contribution in [0.1, 0.15) is 40.0 Å². The van der Waals surface area contributed by atoms with Crippen molar-refractivity contribution in [3.63, 3.8) is 0 Å². The van der Waals surface area contributed by atoms with E-state index in [0.717, 1.165) is 4.90 Å². The van der Waals surface area contributed by atoms with Gasteiger partial charge in [0.1, 0.15) is 6.54 Å². The summed E-state index contributed by atoms with van der Waals surface area (Å²) in [6.45, 7) is -0.0133. The summed E-state index contributed by atoms with van der Waals surface area (Å²) in [5, 5.41) is 11.1. The van der Waals surface area contributed by atoms with E-state index in [4.69, 9.17) is 5.11 Å². The Kier molecular flexibility index (Phi) is 4.88. The lowest BCUT2D eigenvalue weighted by Gasteiger charge is -2.13. The van der Waals surface area contributed by atoms with Crippen LogP contribution in [0.4, 0.5) is 0 Å². The summed E-state index contributed by atoms with van der Waals surface area (Å²) in [6.07, 6.45) is 1.04. The number of hydrogen-bond acceptors (Lipinski definition) is 4. The molecule has 0 radical (unpaired) electrons. The van der Waals surface area contributed by atoms with Crippen LogP contribution in [0.3, 0.4) is 0 Å². The number of nitrogens with zero attached hydrogens (tertiary/aromatic N) is 1. The Bertz CT molecular complexity index is 591. The fourth-order valence-electron chi connectivity index (χ4n) is 2.21. The second kappa shape index (κ2) is 6.84. The van der Waals surface area contributed by atoms with Crippen molar-refractivity contribution in [3.05, 3.63) is 35.4 Å². The van der Waals surface area contributed by atoms with Gasteiger partial charge in [-0.25, -0.2) is 0 Å². The zero-order chi connectivity index (χ0) is 16.1. The molecule has 7 nitrogen and oxygen atoms in total. The lowest BCUT2D eigenvalue weighted by molar-refractivity contribution is -0.137. The minimum atomic E-state index is -0.877. The second-order valence-corrected chi connectivity index (χ2v) is 4.94. The molecule has 0 saturated carbocycles. The molecule has 0 unspecified atom stereocenters. The van der Waals surface area contributed by atoms with Crippen molar-refractivity contribution >= 4 is 23.7 Å². The van der Waals surface area contributed by atoms with Gasteiger partial charge in [0.25, 0.3) is 11.8 Å². The molecule has 0 spiro atoms. The fourth-order valence-corrected chi connectivity index (χ4v) is 2.21. The Balaban J connectivity index is 1.82. The van der Waals surface area contributed by atoms with Crippen molar-refractivity contribution < 1.29 is 24.3 Å². The van der Waals surface area contributed by atoms with Gasteiger partial charge in [0.05, 0.1) is 11.1 Å². The van der Waals surface area contributed by atoms with Gasteiger partial charge >= 0.3 is 5.97 Å². The van der Waals surface area contributed by atoms with Crippen LogP contribution in [0.25, 0.3) is 0 Å². The molecule has 3 amide bonds. The third-order valence-electron chi connectivity index (χ3n) is 3.32. The number of carbonyl (C=O) groups excluding carboxylic acids is 3. The molecule has 116 valence electrons. The summed E-state index contributed by atoms with van der Waals surface area (Å²) < 4.78 is 0. The molecule has 22 heavy (non-hydrogen) atoms. The lowest BCUT2D eigenvalue weighted by atomic mass is 10.1. The Labute approximate surface area is 126 Å². The van der Waals surface area contributed by atoms with Crippen molar-refractivity contribution in [2.45, 2.75) is 19.3 Å². The molecule has 0 fully saturated rings. The smallest absolute Gasteiger partial charge is 0.303 e. The van der Waals surface area contributed by atoms with Crippen molar-refractivity contribution in [2.24, 2.45) is 0 Å². The Morgan fingerprint density at radius 2 is 1.64 bits per heavy atom. The van der Waals surface area contributed by atoms with E-state index < -0.39 is 23.7 Å². The number of carboxylic acid groups (broad SMARTS) is 1. The molecule has 1 aliphatic rings. The summed E-state index contributed by atoms with van der Waals surface area (Å²) >= 11 is 0. The van der Waals surface area contributed by atoms with Gasteiger partial charge in [-0.05, 0) is 25.0 Å².